The Morgan fingerprint density at radius 3 is 2.23 bits per heavy atom. The second kappa shape index (κ2) is 4.70. The van der Waals surface area contributed by atoms with Crippen LogP contribution in [0.2, 0.25) is 0 Å². The molecule has 3 aromatic carbocycles. The van der Waals surface area contributed by atoms with E-state index < -0.39 is 0 Å². The van der Waals surface area contributed by atoms with Gasteiger partial charge in [0.15, 0.2) is 0 Å². The molecule has 0 amide bonds. The van der Waals surface area contributed by atoms with E-state index >= 15 is 0 Å². The van der Waals surface area contributed by atoms with E-state index in [-0.39, 0.29) is 11.1 Å². The number of aromatic nitrogens is 2. The lowest BCUT2D eigenvalue weighted by atomic mass is 10.1. The molecule has 1 heterocycles. The van der Waals surface area contributed by atoms with Crippen molar-refractivity contribution in [1.29, 1.82) is 0 Å². The van der Waals surface area contributed by atoms with Gasteiger partial charge in [-0.1, -0.05) is 42.5 Å². The molecule has 4 nitrogen and oxygen atoms in total. The number of benzene rings is 3. The SMILES string of the molecule is O=c1[nH]n(-c2ccc3ccccc3c2)c(=O)c2ccccc12. The Bertz CT molecular complexity index is 1120. The molecule has 22 heavy (non-hydrogen) atoms. The monoisotopic (exact) mass is 288 g/mol. The highest BCUT2D eigenvalue weighted by atomic mass is 16.2. The summed E-state index contributed by atoms with van der Waals surface area (Å²) < 4.78 is 1.30. The molecular weight excluding hydrogens is 276 g/mol. The number of H-pyrrole nitrogens is 1. The average molecular weight is 288 g/mol. The number of hydrogen-bond donors (Lipinski definition) is 1. The fourth-order valence-corrected chi connectivity index (χ4v) is 2.70. The van der Waals surface area contributed by atoms with Gasteiger partial charge in [-0.25, -0.2) is 4.68 Å². The van der Waals surface area contributed by atoms with Crippen molar-refractivity contribution in [2.45, 2.75) is 0 Å². The molecular formula is C18H12N2O2. The van der Waals surface area contributed by atoms with E-state index in [1.165, 1.54) is 4.68 Å². The van der Waals surface area contributed by atoms with Crippen molar-refractivity contribution in [2.24, 2.45) is 0 Å². The molecule has 0 bridgehead atoms. The van der Waals surface area contributed by atoms with Crippen LogP contribution in [0.4, 0.5) is 0 Å². The number of aromatic amines is 1. The molecule has 0 fully saturated rings. The first kappa shape index (κ1) is 12.6. The van der Waals surface area contributed by atoms with E-state index in [4.69, 9.17) is 0 Å². The lowest BCUT2D eigenvalue weighted by molar-refractivity contribution is 0.803. The molecule has 0 aliphatic heterocycles. The Labute approximate surface area is 125 Å². The second-order valence-corrected chi connectivity index (χ2v) is 5.16. The predicted molar refractivity (Wildman–Crippen MR) is 87.7 cm³/mol. The molecule has 0 saturated heterocycles. The molecule has 0 atom stereocenters. The van der Waals surface area contributed by atoms with Crippen LogP contribution in [0.25, 0.3) is 27.2 Å². The highest BCUT2D eigenvalue weighted by Crippen LogP contribution is 2.17. The molecule has 0 saturated carbocycles. The largest absolute Gasteiger partial charge is 0.277 e. The minimum absolute atomic E-state index is 0.231. The smallest absolute Gasteiger partial charge is 0.267 e. The van der Waals surface area contributed by atoms with Crippen LogP contribution in [0.3, 0.4) is 0 Å². The van der Waals surface area contributed by atoms with Gasteiger partial charge in [0.2, 0.25) is 0 Å². The van der Waals surface area contributed by atoms with Crippen LogP contribution in [0, 0.1) is 0 Å². The van der Waals surface area contributed by atoms with Crippen LogP contribution in [-0.2, 0) is 0 Å². The van der Waals surface area contributed by atoms with Crippen molar-refractivity contribution in [2.75, 3.05) is 0 Å². The third-order valence-corrected chi connectivity index (χ3v) is 3.81. The Morgan fingerprint density at radius 1 is 0.727 bits per heavy atom. The van der Waals surface area contributed by atoms with E-state index in [0.717, 1.165) is 10.8 Å². The van der Waals surface area contributed by atoms with Gasteiger partial charge >= 0.3 is 0 Å². The molecule has 0 aliphatic carbocycles. The van der Waals surface area contributed by atoms with Gasteiger partial charge in [0, 0.05) is 0 Å². The first-order chi connectivity index (χ1) is 10.7. The minimum Gasteiger partial charge on any atom is -0.267 e. The summed E-state index contributed by atoms with van der Waals surface area (Å²) in [7, 11) is 0. The molecule has 4 heteroatoms. The van der Waals surface area contributed by atoms with Gasteiger partial charge < -0.3 is 0 Å². The highest BCUT2D eigenvalue weighted by Gasteiger charge is 2.08. The van der Waals surface area contributed by atoms with Crippen LogP contribution >= 0.6 is 0 Å². The molecule has 0 spiro atoms. The van der Waals surface area contributed by atoms with Crippen molar-refractivity contribution in [1.82, 2.24) is 9.78 Å². The molecule has 0 radical (unpaired) electrons. The topological polar surface area (TPSA) is 54.9 Å². The number of fused-ring (bicyclic) bond motifs is 2. The van der Waals surface area contributed by atoms with Crippen molar-refractivity contribution in [3.8, 4) is 5.69 Å². The summed E-state index contributed by atoms with van der Waals surface area (Å²) in [5.41, 5.74) is 0.139. The minimum atomic E-state index is -0.275. The van der Waals surface area contributed by atoms with Gasteiger partial charge in [0.05, 0.1) is 16.5 Å². The zero-order valence-corrected chi connectivity index (χ0v) is 11.6. The summed E-state index contributed by atoms with van der Waals surface area (Å²) in [5.74, 6) is 0. The Balaban J connectivity index is 2.06. The highest BCUT2D eigenvalue weighted by molar-refractivity contribution is 5.85. The molecule has 106 valence electrons. The molecule has 1 N–H and O–H groups in total. The maximum atomic E-state index is 12.6. The molecule has 1 aromatic heterocycles. The van der Waals surface area contributed by atoms with Crippen LogP contribution < -0.4 is 11.1 Å². The third-order valence-electron chi connectivity index (χ3n) is 3.81. The van der Waals surface area contributed by atoms with Crippen molar-refractivity contribution < 1.29 is 0 Å². The third kappa shape index (κ3) is 1.85. The molecule has 0 unspecified atom stereocenters. The van der Waals surface area contributed by atoms with E-state index in [2.05, 4.69) is 5.10 Å². The first-order valence-electron chi connectivity index (χ1n) is 6.97. The standard InChI is InChI=1S/C18H12N2O2/c21-17-15-7-3-4-8-16(15)18(22)20(19-17)14-10-9-12-5-1-2-6-13(12)11-14/h1-11H,(H,19,21). The quantitative estimate of drug-likeness (QED) is 0.585. The fraction of sp³-hybridized carbons (Fsp3) is 0. The van der Waals surface area contributed by atoms with Crippen LogP contribution in [0.15, 0.2) is 76.3 Å². The zero-order valence-electron chi connectivity index (χ0n) is 11.6. The summed E-state index contributed by atoms with van der Waals surface area (Å²) in [6.07, 6.45) is 0. The van der Waals surface area contributed by atoms with Gasteiger partial charge in [0.1, 0.15) is 0 Å². The second-order valence-electron chi connectivity index (χ2n) is 5.16. The molecule has 0 aliphatic rings. The number of nitrogens with one attached hydrogen (secondary N) is 1. The molecule has 4 rings (SSSR count). The maximum Gasteiger partial charge on any atom is 0.277 e. The van der Waals surface area contributed by atoms with Crippen molar-refractivity contribution in [3.63, 3.8) is 0 Å². The van der Waals surface area contributed by atoms with Gasteiger partial charge in [-0.2, -0.15) is 0 Å². The normalized spacial score (nSPS) is 11.1. The summed E-state index contributed by atoms with van der Waals surface area (Å²) >= 11 is 0. The lowest BCUT2D eigenvalue weighted by Crippen LogP contribution is -2.28. The summed E-state index contributed by atoms with van der Waals surface area (Å²) in [4.78, 5) is 24.8. The van der Waals surface area contributed by atoms with E-state index in [0.29, 0.717) is 16.5 Å². The lowest BCUT2D eigenvalue weighted by Gasteiger charge is -2.08. The van der Waals surface area contributed by atoms with Crippen molar-refractivity contribution in [3.05, 3.63) is 87.4 Å². The van der Waals surface area contributed by atoms with E-state index in [9.17, 15) is 9.59 Å². The van der Waals surface area contributed by atoms with Crippen LogP contribution in [0.5, 0.6) is 0 Å². The van der Waals surface area contributed by atoms with Gasteiger partial charge in [-0.15, -0.1) is 0 Å². The summed E-state index contributed by atoms with van der Waals surface area (Å²) in [5, 5.41) is 5.57. The Kier molecular flexibility index (Phi) is 2.69. The van der Waals surface area contributed by atoms with Gasteiger partial charge in [0.25, 0.3) is 11.1 Å². The molecule has 4 aromatic rings. The van der Waals surface area contributed by atoms with Crippen molar-refractivity contribution >= 4 is 21.5 Å². The first-order valence-corrected chi connectivity index (χ1v) is 6.97. The number of hydrogen-bond acceptors (Lipinski definition) is 2. The fourth-order valence-electron chi connectivity index (χ4n) is 2.70. The maximum absolute atomic E-state index is 12.6. The van der Waals surface area contributed by atoms with Crippen LogP contribution in [-0.4, -0.2) is 9.78 Å². The Hall–Kier alpha value is -3.14. The zero-order chi connectivity index (χ0) is 15.1. The summed E-state index contributed by atoms with van der Waals surface area (Å²) in [6.45, 7) is 0. The van der Waals surface area contributed by atoms with E-state index in [1.54, 1.807) is 24.3 Å². The van der Waals surface area contributed by atoms with Crippen LogP contribution in [0.1, 0.15) is 0 Å². The Morgan fingerprint density at radius 2 is 1.41 bits per heavy atom. The predicted octanol–water partition coefficient (Wildman–Crippen LogP) is 2.83. The summed E-state index contributed by atoms with van der Waals surface area (Å²) in [6, 6.07) is 20.4. The number of nitrogens with zero attached hydrogens (tertiary/aromatic N) is 1. The number of rotatable bonds is 1. The van der Waals surface area contributed by atoms with Gasteiger partial charge in [-0.3, -0.25) is 14.7 Å². The average Bonchev–Trinajstić information content (AvgIpc) is 2.58. The van der Waals surface area contributed by atoms with E-state index in [1.807, 2.05) is 42.5 Å². The van der Waals surface area contributed by atoms with Gasteiger partial charge in [-0.05, 0) is 35.0 Å².